The molecule has 2 saturated carbocycles. The molecule has 4 aliphatic rings. The van der Waals surface area contributed by atoms with Gasteiger partial charge in [-0.1, -0.05) is 48.5 Å². The molecule has 4 atom stereocenters. The molecule has 2 saturated heterocycles. The van der Waals surface area contributed by atoms with E-state index in [4.69, 9.17) is 9.97 Å². The zero-order valence-corrected chi connectivity index (χ0v) is 27.6. The van der Waals surface area contributed by atoms with Crippen molar-refractivity contribution in [2.45, 2.75) is 101 Å². The van der Waals surface area contributed by atoms with E-state index < -0.39 is 0 Å². The molecule has 0 radical (unpaired) electrons. The minimum atomic E-state index is 0.279. The van der Waals surface area contributed by atoms with Crippen LogP contribution in [0.4, 0.5) is 0 Å². The minimum absolute atomic E-state index is 0.279. The molecule has 0 spiro atoms. The monoisotopic (exact) mass is 640 g/mol. The van der Waals surface area contributed by atoms with Crippen LogP contribution in [0.25, 0.3) is 33.6 Å². The summed E-state index contributed by atoms with van der Waals surface area (Å²) in [7, 11) is 0. The number of rotatable bonds is 7. The second-order valence-electron chi connectivity index (χ2n) is 14.2. The van der Waals surface area contributed by atoms with Crippen LogP contribution in [0.3, 0.4) is 0 Å². The second kappa shape index (κ2) is 13.7. The number of H-pyrrole nitrogens is 2. The van der Waals surface area contributed by atoms with E-state index in [9.17, 15) is 9.59 Å². The van der Waals surface area contributed by atoms with Crippen molar-refractivity contribution >= 4 is 11.9 Å². The second-order valence-corrected chi connectivity index (χ2v) is 14.2. The fraction of sp³-hybridized carbons (Fsp3) is 0.450. The third-order valence-electron chi connectivity index (χ3n) is 11.4. The molecule has 2 aromatic heterocycles. The molecule has 8 heteroatoms. The lowest BCUT2D eigenvalue weighted by atomic mass is 9.90. The fourth-order valence-electron chi connectivity index (χ4n) is 8.86. The predicted molar refractivity (Wildman–Crippen MR) is 187 cm³/mol. The van der Waals surface area contributed by atoms with Crippen molar-refractivity contribution in [3.63, 3.8) is 0 Å². The molecule has 4 fully saturated rings. The number of hydrogen-bond donors (Lipinski definition) is 2. The molecule has 2 aliphatic heterocycles. The Balaban J connectivity index is 0.925. The molecule has 2 aliphatic carbocycles. The zero-order chi connectivity index (χ0) is 32.5. The van der Waals surface area contributed by atoms with Crippen molar-refractivity contribution in [1.82, 2.24) is 29.7 Å². The highest BCUT2D eigenvalue weighted by molar-refractivity contribution is 5.71. The van der Waals surface area contributed by atoms with E-state index in [2.05, 4.69) is 80.2 Å². The van der Waals surface area contributed by atoms with Gasteiger partial charge in [0.25, 0.3) is 0 Å². The van der Waals surface area contributed by atoms with Crippen LogP contribution in [0, 0.1) is 0 Å². The Morgan fingerprint density at radius 2 is 0.979 bits per heavy atom. The van der Waals surface area contributed by atoms with Crippen molar-refractivity contribution in [1.29, 1.82) is 0 Å². The summed E-state index contributed by atoms with van der Waals surface area (Å²) in [4.78, 5) is 44.7. The van der Waals surface area contributed by atoms with E-state index in [0.717, 1.165) is 135 Å². The van der Waals surface area contributed by atoms with Gasteiger partial charge in [0.1, 0.15) is 23.5 Å². The topological polar surface area (TPSA) is 98.0 Å². The van der Waals surface area contributed by atoms with Gasteiger partial charge in [0.15, 0.2) is 0 Å². The van der Waals surface area contributed by atoms with E-state index in [0.29, 0.717) is 12.1 Å². The highest BCUT2D eigenvalue weighted by atomic mass is 16.1. The van der Waals surface area contributed by atoms with Gasteiger partial charge in [-0.05, 0) is 112 Å². The highest BCUT2D eigenvalue weighted by Gasteiger charge is 2.36. The first-order valence-electron chi connectivity index (χ1n) is 17.9. The standard InChI is InChI=1S/C40H44N6O2/c47-25-27-5-1-7-33(21-27)45-19-3-9-37(45)39-41-23-35(43-39)31-15-11-29(12-16-31)30-13-17-32(18-14-30)36-24-42-40(44-36)38-10-4-20-46(38)34-8-2-6-28(22-34)26-48/h11-18,23-24,33-34,37-38H,1-10,19-22H2,(H,41,43)(H,42,44)/t33?,34?,37-,38-/m0/s1. The summed E-state index contributed by atoms with van der Waals surface area (Å²) in [6.07, 6.45) is 16.4. The van der Waals surface area contributed by atoms with Gasteiger partial charge in [0.05, 0.1) is 35.9 Å². The van der Waals surface area contributed by atoms with E-state index >= 15 is 0 Å². The van der Waals surface area contributed by atoms with Crippen molar-refractivity contribution < 1.29 is 9.59 Å². The van der Waals surface area contributed by atoms with Crippen molar-refractivity contribution in [3.8, 4) is 33.6 Å². The molecule has 2 unspecified atom stereocenters. The maximum atomic E-state index is 11.3. The lowest BCUT2D eigenvalue weighted by Gasteiger charge is -2.35. The average Bonchev–Trinajstić information content (AvgIpc) is 3.98. The van der Waals surface area contributed by atoms with Crippen molar-refractivity contribution in [2.75, 3.05) is 13.1 Å². The Hall–Kier alpha value is -4.32. The van der Waals surface area contributed by atoms with Crippen molar-refractivity contribution in [2.24, 2.45) is 0 Å². The lowest BCUT2D eigenvalue weighted by molar-refractivity contribution is 0.153. The molecular formula is C40H44N6O2. The van der Waals surface area contributed by atoms with Crippen LogP contribution >= 0.6 is 0 Å². The normalized spacial score (nSPS) is 25.3. The number of imidazole rings is 2. The van der Waals surface area contributed by atoms with Gasteiger partial charge in [-0.15, -0.1) is 0 Å². The maximum Gasteiger partial charge on any atom is 0.123 e. The largest absolute Gasteiger partial charge is 0.341 e. The Bertz CT molecular complexity index is 1710. The zero-order valence-electron chi connectivity index (χ0n) is 27.6. The van der Waals surface area contributed by atoms with Gasteiger partial charge in [0.2, 0.25) is 0 Å². The third-order valence-corrected chi connectivity index (χ3v) is 11.4. The number of aromatic amines is 2. The maximum absolute atomic E-state index is 11.3. The molecule has 0 amide bonds. The van der Waals surface area contributed by atoms with Gasteiger partial charge in [-0.2, -0.15) is 0 Å². The first-order valence-corrected chi connectivity index (χ1v) is 17.9. The van der Waals surface area contributed by atoms with E-state index in [-0.39, 0.29) is 12.1 Å². The molecule has 8 nitrogen and oxygen atoms in total. The fourth-order valence-corrected chi connectivity index (χ4v) is 8.86. The number of benzene rings is 2. The number of likely N-dealkylation sites (tertiary alicyclic amines) is 2. The Labute approximate surface area is 282 Å². The first kappa shape index (κ1) is 31.0. The van der Waals surface area contributed by atoms with Crippen LogP contribution in [0.5, 0.6) is 0 Å². The van der Waals surface area contributed by atoms with Gasteiger partial charge >= 0.3 is 0 Å². The van der Waals surface area contributed by atoms with Crippen LogP contribution in [0.2, 0.25) is 0 Å². The summed E-state index contributed by atoms with van der Waals surface area (Å²) in [5, 5.41) is 0. The SMILES string of the molecule is O=C=C1CCCC(N2CCC[C@H]2c2ncc(-c3ccc(-c4ccc(-c5cnc([C@@H]6CCCN6C6CCCC(=C=O)C6)[nH]5)cc4)cc3)[nH]2)C1. The molecule has 48 heavy (non-hydrogen) atoms. The van der Waals surface area contributed by atoms with Crippen LogP contribution in [0.15, 0.2) is 72.1 Å². The van der Waals surface area contributed by atoms with Crippen LogP contribution in [-0.2, 0) is 9.59 Å². The van der Waals surface area contributed by atoms with E-state index in [1.54, 1.807) is 0 Å². The minimum Gasteiger partial charge on any atom is -0.341 e. The molecule has 2 N–H and O–H groups in total. The summed E-state index contributed by atoms with van der Waals surface area (Å²) < 4.78 is 0. The first-order chi connectivity index (χ1) is 23.7. The number of nitrogens with one attached hydrogen (secondary N) is 2. The summed E-state index contributed by atoms with van der Waals surface area (Å²) in [6, 6.07) is 18.8. The molecule has 0 bridgehead atoms. The van der Waals surface area contributed by atoms with Crippen LogP contribution in [0.1, 0.15) is 101 Å². The molecule has 246 valence electrons. The van der Waals surface area contributed by atoms with E-state index in [1.807, 2.05) is 12.4 Å². The number of nitrogens with zero attached hydrogens (tertiary/aromatic N) is 4. The molecule has 2 aromatic carbocycles. The van der Waals surface area contributed by atoms with Gasteiger partial charge in [0, 0.05) is 23.2 Å². The van der Waals surface area contributed by atoms with Gasteiger partial charge in [-0.25, -0.2) is 19.6 Å². The average molecular weight is 641 g/mol. The molecule has 8 rings (SSSR count). The van der Waals surface area contributed by atoms with Crippen molar-refractivity contribution in [3.05, 3.63) is 83.7 Å². The Morgan fingerprint density at radius 3 is 1.40 bits per heavy atom. The summed E-state index contributed by atoms with van der Waals surface area (Å²) in [6.45, 7) is 2.13. The lowest BCUT2D eigenvalue weighted by Crippen LogP contribution is -2.37. The number of hydrogen-bond acceptors (Lipinski definition) is 6. The van der Waals surface area contributed by atoms with Gasteiger partial charge < -0.3 is 9.97 Å². The van der Waals surface area contributed by atoms with Gasteiger partial charge in [-0.3, -0.25) is 9.80 Å². The van der Waals surface area contributed by atoms with Crippen LogP contribution in [-0.4, -0.2) is 66.8 Å². The third kappa shape index (κ3) is 6.18. The number of aromatic nitrogens is 4. The molecule has 4 heterocycles. The summed E-state index contributed by atoms with van der Waals surface area (Å²) >= 11 is 0. The molecular weight excluding hydrogens is 596 g/mol. The quantitative estimate of drug-likeness (QED) is 0.200. The predicted octanol–water partition coefficient (Wildman–Crippen LogP) is 7.81. The Morgan fingerprint density at radius 1 is 0.562 bits per heavy atom. The highest BCUT2D eigenvalue weighted by Crippen LogP contribution is 2.40. The number of carbonyl (C=O) groups excluding carboxylic acids is 2. The van der Waals surface area contributed by atoms with Crippen LogP contribution < -0.4 is 0 Å². The Kier molecular flexibility index (Phi) is 8.81. The molecule has 4 aromatic rings. The summed E-state index contributed by atoms with van der Waals surface area (Å²) in [5.41, 5.74) is 8.56. The van der Waals surface area contributed by atoms with E-state index in [1.165, 1.54) is 11.1 Å². The summed E-state index contributed by atoms with van der Waals surface area (Å²) in [5.74, 6) is 6.44. The smallest absolute Gasteiger partial charge is 0.123 e.